The molecule has 0 aliphatic heterocycles. The molecule has 0 fully saturated rings. The average molecular weight is 242 g/mol. The first-order valence-corrected chi connectivity index (χ1v) is 6.69. The second-order valence-electron chi connectivity index (χ2n) is 5.59. The van der Waals surface area contributed by atoms with Crippen LogP contribution in [0, 0.1) is 5.92 Å². The van der Waals surface area contributed by atoms with Gasteiger partial charge >= 0.3 is 0 Å². The lowest BCUT2D eigenvalue weighted by Crippen LogP contribution is -2.04. The lowest BCUT2D eigenvalue weighted by atomic mass is 9.94. The molecule has 2 rings (SSSR count). The smallest absolute Gasteiger partial charge is 0.0568 e. The maximum Gasteiger partial charge on any atom is 0.0568 e. The third kappa shape index (κ3) is 2.81. The van der Waals surface area contributed by atoms with E-state index in [9.17, 15) is 0 Å². The Hall–Kier alpha value is -1.57. The molecule has 0 spiro atoms. The van der Waals surface area contributed by atoms with Gasteiger partial charge in [-0.1, -0.05) is 52.0 Å². The molecule has 2 nitrogen and oxygen atoms in total. The number of rotatable bonds is 4. The molecule has 0 saturated carbocycles. The highest BCUT2D eigenvalue weighted by atomic mass is 15.3. The first-order valence-electron chi connectivity index (χ1n) is 6.69. The highest BCUT2D eigenvalue weighted by molar-refractivity contribution is 5.66. The molecule has 0 N–H and O–H groups in total. The predicted octanol–water partition coefficient (Wildman–Crippen LogP) is 4.33. The van der Waals surface area contributed by atoms with Crippen molar-refractivity contribution in [1.82, 2.24) is 9.78 Å². The zero-order valence-corrected chi connectivity index (χ0v) is 11.7. The molecule has 2 aromatic rings. The van der Waals surface area contributed by atoms with Gasteiger partial charge in [0.25, 0.3) is 0 Å². The van der Waals surface area contributed by atoms with E-state index in [0.29, 0.717) is 11.8 Å². The van der Waals surface area contributed by atoms with Crippen molar-refractivity contribution in [3.63, 3.8) is 0 Å². The highest BCUT2D eigenvalue weighted by Crippen LogP contribution is 2.28. The summed E-state index contributed by atoms with van der Waals surface area (Å²) in [5.74, 6) is 1.16. The topological polar surface area (TPSA) is 17.8 Å². The Labute approximate surface area is 110 Å². The molecule has 1 aromatic heterocycles. The van der Waals surface area contributed by atoms with E-state index in [1.54, 1.807) is 0 Å². The summed E-state index contributed by atoms with van der Waals surface area (Å²) in [6.07, 6.45) is 4.13. The van der Waals surface area contributed by atoms with Crippen LogP contribution in [0.4, 0.5) is 0 Å². The predicted molar refractivity (Wildman–Crippen MR) is 76.6 cm³/mol. The van der Waals surface area contributed by atoms with E-state index in [4.69, 9.17) is 0 Å². The van der Waals surface area contributed by atoms with Crippen molar-refractivity contribution >= 4 is 0 Å². The van der Waals surface area contributed by atoms with Gasteiger partial charge in [-0.2, -0.15) is 5.10 Å². The quantitative estimate of drug-likeness (QED) is 0.780. The van der Waals surface area contributed by atoms with Gasteiger partial charge in [0.05, 0.1) is 6.20 Å². The molecule has 1 heterocycles. The number of aromatic nitrogens is 2. The lowest BCUT2D eigenvalue weighted by Gasteiger charge is -2.10. The van der Waals surface area contributed by atoms with Crippen LogP contribution in [0.15, 0.2) is 36.7 Å². The third-order valence-electron chi connectivity index (χ3n) is 3.08. The Morgan fingerprint density at radius 1 is 1.11 bits per heavy atom. The molecular formula is C16H22N2. The van der Waals surface area contributed by atoms with E-state index < -0.39 is 0 Å². The molecule has 0 radical (unpaired) electrons. The van der Waals surface area contributed by atoms with Crippen LogP contribution in [-0.4, -0.2) is 9.78 Å². The molecule has 0 amide bonds. The maximum atomic E-state index is 4.45. The summed E-state index contributed by atoms with van der Waals surface area (Å²) in [6, 6.07) is 8.60. The molecule has 0 bridgehead atoms. The summed E-state index contributed by atoms with van der Waals surface area (Å²) < 4.78 is 2.04. The first kappa shape index (κ1) is 12.9. The molecule has 0 aliphatic carbocycles. The Balaban J connectivity index is 2.34. The van der Waals surface area contributed by atoms with Crippen molar-refractivity contribution in [3.05, 3.63) is 42.2 Å². The summed E-state index contributed by atoms with van der Waals surface area (Å²) in [7, 11) is 0. The van der Waals surface area contributed by atoms with E-state index >= 15 is 0 Å². The van der Waals surface area contributed by atoms with Crippen molar-refractivity contribution < 1.29 is 0 Å². The summed E-state index contributed by atoms with van der Waals surface area (Å²) >= 11 is 0. The Morgan fingerprint density at radius 3 is 2.50 bits per heavy atom. The minimum Gasteiger partial charge on any atom is -0.272 e. The van der Waals surface area contributed by atoms with Crippen LogP contribution in [0.25, 0.3) is 11.1 Å². The molecule has 0 saturated heterocycles. The Kier molecular flexibility index (Phi) is 3.85. The normalized spacial score (nSPS) is 11.4. The zero-order valence-electron chi connectivity index (χ0n) is 11.7. The molecule has 0 atom stereocenters. The van der Waals surface area contributed by atoms with Crippen molar-refractivity contribution in [2.24, 2.45) is 5.92 Å². The third-order valence-corrected chi connectivity index (χ3v) is 3.08. The first-order chi connectivity index (χ1) is 8.58. The van der Waals surface area contributed by atoms with E-state index in [1.807, 2.05) is 10.9 Å². The van der Waals surface area contributed by atoms with Crippen LogP contribution >= 0.6 is 0 Å². The van der Waals surface area contributed by atoms with E-state index in [-0.39, 0.29) is 0 Å². The zero-order chi connectivity index (χ0) is 13.1. The van der Waals surface area contributed by atoms with Gasteiger partial charge in [0.1, 0.15) is 0 Å². The van der Waals surface area contributed by atoms with E-state index in [0.717, 1.165) is 6.54 Å². The van der Waals surface area contributed by atoms with Gasteiger partial charge in [0, 0.05) is 18.3 Å². The summed E-state index contributed by atoms with van der Waals surface area (Å²) in [6.45, 7) is 9.87. The Bertz CT molecular complexity index is 509. The number of hydrogen-bond acceptors (Lipinski definition) is 1. The van der Waals surface area contributed by atoms with Gasteiger partial charge < -0.3 is 0 Å². The fourth-order valence-electron chi connectivity index (χ4n) is 2.24. The number of hydrogen-bond donors (Lipinski definition) is 0. The monoisotopic (exact) mass is 242 g/mol. The lowest BCUT2D eigenvalue weighted by molar-refractivity contribution is 0.483. The number of nitrogens with zero attached hydrogens (tertiary/aromatic N) is 2. The van der Waals surface area contributed by atoms with E-state index in [1.165, 1.54) is 16.7 Å². The van der Waals surface area contributed by atoms with Crippen LogP contribution in [0.1, 0.15) is 39.2 Å². The standard InChI is InChI=1S/C16H22N2/c1-12(2)10-18-11-14(9-17-18)16-8-6-5-7-15(16)13(3)4/h5-9,11-13H,10H2,1-4H3. The van der Waals surface area contributed by atoms with Gasteiger partial charge in [-0.05, 0) is 23.0 Å². The van der Waals surface area contributed by atoms with Crippen LogP contribution in [0.5, 0.6) is 0 Å². The average Bonchev–Trinajstić information content (AvgIpc) is 2.76. The molecule has 0 unspecified atom stereocenters. The molecule has 96 valence electrons. The Morgan fingerprint density at radius 2 is 1.83 bits per heavy atom. The van der Waals surface area contributed by atoms with Crippen LogP contribution in [0.3, 0.4) is 0 Å². The van der Waals surface area contributed by atoms with Gasteiger partial charge in [0.15, 0.2) is 0 Å². The van der Waals surface area contributed by atoms with Gasteiger partial charge in [-0.3, -0.25) is 4.68 Å². The fourth-order valence-corrected chi connectivity index (χ4v) is 2.24. The summed E-state index contributed by atoms with van der Waals surface area (Å²) in [5.41, 5.74) is 3.92. The maximum absolute atomic E-state index is 4.45. The minimum atomic E-state index is 0.537. The van der Waals surface area contributed by atoms with Crippen molar-refractivity contribution in [3.8, 4) is 11.1 Å². The van der Waals surface area contributed by atoms with E-state index in [2.05, 4.69) is 63.3 Å². The van der Waals surface area contributed by atoms with Crippen LogP contribution < -0.4 is 0 Å². The van der Waals surface area contributed by atoms with Crippen molar-refractivity contribution in [1.29, 1.82) is 0 Å². The summed E-state index contributed by atoms with van der Waals surface area (Å²) in [4.78, 5) is 0. The molecule has 1 aromatic carbocycles. The minimum absolute atomic E-state index is 0.537. The fraction of sp³-hybridized carbons (Fsp3) is 0.438. The van der Waals surface area contributed by atoms with Gasteiger partial charge in [-0.25, -0.2) is 0 Å². The highest BCUT2D eigenvalue weighted by Gasteiger charge is 2.09. The largest absolute Gasteiger partial charge is 0.272 e. The number of benzene rings is 1. The van der Waals surface area contributed by atoms with Crippen molar-refractivity contribution in [2.75, 3.05) is 0 Å². The second-order valence-corrected chi connectivity index (χ2v) is 5.59. The SMILES string of the molecule is CC(C)Cn1cc(-c2ccccc2C(C)C)cn1. The second kappa shape index (κ2) is 5.38. The van der Waals surface area contributed by atoms with Crippen LogP contribution in [0.2, 0.25) is 0 Å². The summed E-state index contributed by atoms with van der Waals surface area (Å²) in [5, 5.41) is 4.45. The van der Waals surface area contributed by atoms with Crippen LogP contribution in [-0.2, 0) is 6.54 Å². The van der Waals surface area contributed by atoms with Gasteiger partial charge in [0.2, 0.25) is 0 Å². The molecule has 0 aliphatic rings. The molecule has 2 heteroatoms. The van der Waals surface area contributed by atoms with Crippen molar-refractivity contribution in [2.45, 2.75) is 40.2 Å². The molecule has 18 heavy (non-hydrogen) atoms. The molecular weight excluding hydrogens is 220 g/mol. The van der Waals surface area contributed by atoms with Gasteiger partial charge in [-0.15, -0.1) is 0 Å².